The molecule has 1 aliphatic rings. The van der Waals surface area contributed by atoms with Crippen LogP contribution in [0.5, 0.6) is 0 Å². The van der Waals surface area contributed by atoms with Gasteiger partial charge in [-0.25, -0.2) is 18.6 Å². The van der Waals surface area contributed by atoms with Crippen LogP contribution >= 0.6 is 0 Å². The van der Waals surface area contributed by atoms with Crippen molar-refractivity contribution in [2.75, 3.05) is 12.5 Å². The molecule has 7 heteroatoms. The minimum atomic E-state index is -4.94. The van der Waals surface area contributed by atoms with E-state index in [1.807, 2.05) is 0 Å². The highest BCUT2D eigenvalue weighted by Crippen LogP contribution is 2.30. The van der Waals surface area contributed by atoms with E-state index in [0.29, 0.717) is 6.10 Å². The molecule has 0 bridgehead atoms. The van der Waals surface area contributed by atoms with Crippen molar-refractivity contribution in [2.24, 2.45) is 11.8 Å². The highest BCUT2D eigenvalue weighted by Gasteiger charge is 2.28. The standard InChI is InChI=1S/C10H21OS.ClHO4/c1-8-5-9(2)7-10(6-8)11-12(3)4;2-1(3,4)5/h8-10H,5-7H2,1-4H3;(H,2,3,4,5)/q+1;/p-1/t8-,9+,10?;. The molecule has 0 N–H and O–H groups in total. The second kappa shape index (κ2) is 7.78. The molecule has 0 aromatic carbocycles. The van der Waals surface area contributed by atoms with Gasteiger partial charge < -0.3 is 0 Å². The fourth-order valence-electron chi connectivity index (χ4n) is 2.22. The molecule has 1 rings (SSSR count). The number of rotatable bonds is 2. The van der Waals surface area contributed by atoms with E-state index in [0.717, 1.165) is 11.8 Å². The molecule has 1 aliphatic carbocycles. The van der Waals surface area contributed by atoms with Crippen LogP contribution in [0.3, 0.4) is 0 Å². The molecule has 104 valence electrons. The minimum Gasteiger partial charge on any atom is -0.222 e. The van der Waals surface area contributed by atoms with E-state index >= 15 is 0 Å². The van der Waals surface area contributed by atoms with E-state index in [4.69, 9.17) is 22.8 Å². The average molecular weight is 289 g/mol. The summed E-state index contributed by atoms with van der Waals surface area (Å²) in [6.45, 7) is 4.69. The zero-order chi connectivity index (χ0) is 13.6. The van der Waals surface area contributed by atoms with Crippen LogP contribution in [0, 0.1) is 22.1 Å². The topological polar surface area (TPSA) is 101 Å². The van der Waals surface area contributed by atoms with Crippen LogP contribution in [-0.2, 0) is 15.4 Å². The van der Waals surface area contributed by atoms with E-state index in [2.05, 4.69) is 26.4 Å². The molecule has 0 aromatic rings. The highest BCUT2D eigenvalue weighted by molar-refractivity contribution is 7.90. The zero-order valence-corrected chi connectivity index (χ0v) is 12.3. The van der Waals surface area contributed by atoms with E-state index < -0.39 is 10.2 Å². The first-order valence-corrected chi connectivity index (χ1v) is 8.64. The molecule has 1 saturated carbocycles. The lowest BCUT2D eigenvalue weighted by Gasteiger charge is -2.28. The first-order valence-electron chi connectivity index (χ1n) is 5.44. The van der Waals surface area contributed by atoms with Crippen LogP contribution in [0.15, 0.2) is 0 Å². The van der Waals surface area contributed by atoms with Crippen LogP contribution in [0.1, 0.15) is 33.1 Å². The summed E-state index contributed by atoms with van der Waals surface area (Å²) in [7, 11) is -4.94. The number of halogens is 1. The van der Waals surface area contributed by atoms with Gasteiger partial charge in [0.2, 0.25) is 0 Å². The van der Waals surface area contributed by atoms with Crippen LogP contribution < -0.4 is 18.6 Å². The van der Waals surface area contributed by atoms with E-state index in [1.165, 1.54) is 19.3 Å². The third-order valence-corrected chi connectivity index (χ3v) is 3.12. The summed E-state index contributed by atoms with van der Waals surface area (Å²) >= 11 is 0.157. The van der Waals surface area contributed by atoms with Crippen LogP contribution in [0.4, 0.5) is 0 Å². The van der Waals surface area contributed by atoms with Gasteiger partial charge in [0.15, 0.2) is 0 Å². The third-order valence-electron chi connectivity index (χ3n) is 2.46. The molecule has 0 aliphatic heterocycles. The Morgan fingerprint density at radius 1 is 0.941 bits per heavy atom. The van der Waals surface area contributed by atoms with Crippen molar-refractivity contribution in [1.82, 2.24) is 0 Å². The quantitative estimate of drug-likeness (QED) is 0.540. The average Bonchev–Trinajstić information content (AvgIpc) is 1.95. The van der Waals surface area contributed by atoms with Crippen molar-refractivity contribution in [3.63, 3.8) is 0 Å². The summed E-state index contributed by atoms with van der Waals surface area (Å²) in [5.41, 5.74) is 0. The Balaban J connectivity index is 0.000000437. The van der Waals surface area contributed by atoms with Crippen molar-refractivity contribution >= 4 is 11.2 Å². The molecule has 5 nitrogen and oxygen atoms in total. The van der Waals surface area contributed by atoms with E-state index in [1.54, 1.807) is 0 Å². The van der Waals surface area contributed by atoms with Gasteiger partial charge in [-0.05, 0) is 31.1 Å². The second-order valence-electron chi connectivity index (χ2n) is 4.76. The first kappa shape index (κ1) is 17.4. The molecule has 1 unspecified atom stereocenters. The lowest BCUT2D eigenvalue weighted by molar-refractivity contribution is -2.00. The summed E-state index contributed by atoms with van der Waals surface area (Å²) in [4.78, 5) is 0. The fraction of sp³-hybridized carbons (Fsp3) is 1.00. The van der Waals surface area contributed by atoms with Gasteiger partial charge in [0, 0.05) is 0 Å². The summed E-state index contributed by atoms with van der Waals surface area (Å²) in [6.07, 6.45) is 8.79. The van der Waals surface area contributed by atoms with E-state index in [-0.39, 0.29) is 11.2 Å². The lowest BCUT2D eigenvalue weighted by atomic mass is 9.82. The Labute approximate surface area is 108 Å². The Hall–Kier alpha value is 0.440. The molecule has 17 heavy (non-hydrogen) atoms. The van der Waals surface area contributed by atoms with Gasteiger partial charge in [0.1, 0.15) is 29.8 Å². The SMILES string of the molecule is C[C@@H]1CC(O[S+](C)C)C[C@H](C)C1.[O-][Cl+3]([O-])([O-])[O-]. The molecule has 0 radical (unpaired) electrons. The first-order chi connectivity index (χ1) is 7.58. The summed E-state index contributed by atoms with van der Waals surface area (Å²) in [5.74, 6) is 1.73. The van der Waals surface area contributed by atoms with Crippen molar-refractivity contribution in [3.8, 4) is 0 Å². The summed E-state index contributed by atoms with van der Waals surface area (Å²) in [5, 5.41) is 0. The predicted molar refractivity (Wildman–Crippen MR) is 56.3 cm³/mol. The molecule has 1 fully saturated rings. The van der Waals surface area contributed by atoms with Crippen LogP contribution in [-0.4, -0.2) is 18.6 Å². The maximum Gasteiger partial charge on any atom is 0.141 e. The Kier molecular flexibility index (Phi) is 7.98. The summed E-state index contributed by atoms with van der Waals surface area (Å²) in [6, 6.07) is 0. The molecule has 0 saturated heterocycles. The van der Waals surface area contributed by atoms with Gasteiger partial charge >= 0.3 is 0 Å². The maximum atomic E-state index is 8.49. The van der Waals surface area contributed by atoms with Gasteiger partial charge in [-0.15, -0.1) is 10.2 Å². The molecule has 0 heterocycles. The largest absolute Gasteiger partial charge is 0.222 e. The maximum absolute atomic E-state index is 8.49. The van der Waals surface area contributed by atoms with Crippen LogP contribution in [0.25, 0.3) is 0 Å². The van der Waals surface area contributed by atoms with Crippen molar-refractivity contribution < 1.29 is 33.1 Å². The van der Waals surface area contributed by atoms with Gasteiger partial charge in [-0.2, -0.15) is 4.18 Å². The predicted octanol–water partition coefficient (Wildman–Crippen LogP) is -2.14. The molecule has 0 amide bonds. The smallest absolute Gasteiger partial charge is 0.141 e. The van der Waals surface area contributed by atoms with Gasteiger partial charge in [-0.1, -0.05) is 13.8 Å². The molecule has 0 spiro atoms. The molecular weight excluding hydrogens is 268 g/mol. The number of hydrogen-bond acceptors (Lipinski definition) is 5. The van der Waals surface area contributed by atoms with Crippen molar-refractivity contribution in [1.29, 1.82) is 0 Å². The normalized spacial score (nSPS) is 29.8. The lowest BCUT2D eigenvalue weighted by Crippen LogP contribution is -2.68. The van der Waals surface area contributed by atoms with Crippen molar-refractivity contribution in [3.05, 3.63) is 0 Å². The zero-order valence-electron chi connectivity index (χ0n) is 10.7. The number of hydrogen-bond donors (Lipinski definition) is 0. The fourth-order valence-corrected chi connectivity index (χ4v) is 2.93. The Bertz CT molecular complexity index is 191. The van der Waals surface area contributed by atoms with Gasteiger partial charge in [0.05, 0.1) is 0 Å². The minimum absolute atomic E-state index is 0.157. The Morgan fingerprint density at radius 3 is 1.59 bits per heavy atom. The van der Waals surface area contributed by atoms with Crippen LogP contribution in [0.2, 0.25) is 0 Å². The molecule has 3 atom stereocenters. The Morgan fingerprint density at radius 2 is 1.29 bits per heavy atom. The second-order valence-corrected chi connectivity index (χ2v) is 7.19. The van der Waals surface area contributed by atoms with E-state index in [9.17, 15) is 0 Å². The van der Waals surface area contributed by atoms with Crippen molar-refractivity contribution in [2.45, 2.75) is 39.2 Å². The molecule has 0 aromatic heterocycles. The van der Waals surface area contributed by atoms with Gasteiger partial charge in [0.25, 0.3) is 0 Å². The summed E-state index contributed by atoms with van der Waals surface area (Å²) < 4.78 is 39.8. The van der Waals surface area contributed by atoms with Gasteiger partial charge in [-0.3, -0.25) is 0 Å². The highest BCUT2D eigenvalue weighted by atomic mass is 35.7. The third kappa shape index (κ3) is 12.7. The monoisotopic (exact) mass is 288 g/mol. The molecular formula is C10H21ClO5S.